The number of hydrogen-bond acceptors (Lipinski definition) is 17. The molecule has 5 fully saturated rings. The fourth-order valence-corrected chi connectivity index (χ4v) is 16.0. The lowest BCUT2D eigenvalue weighted by Gasteiger charge is -2.56. The minimum Gasteiger partial charge on any atom is -0.511 e. The third-order valence-corrected chi connectivity index (χ3v) is 20.3. The molecule has 4 aliphatic carbocycles. The van der Waals surface area contributed by atoms with Crippen LogP contribution in [0.25, 0.3) is 0 Å². The molecule has 2 bridgehead atoms. The van der Waals surface area contributed by atoms with E-state index in [4.69, 9.17) is 37.9 Å². The molecule has 440 valence electrons. The van der Waals surface area contributed by atoms with Gasteiger partial charge in [0.25, 0.3) is 0 Å². The van der Waals surface area contributed by atoms with Gasteiger partial charge in [0.05, 0.1) is 48.8 Å². The van der Waals surface area contributed by atoms with Gasteiger partial charge in [0.2, 0.25) is 5.78 Å². The fourth-order valence-electron chi connectivity index (χ4n) is 16.0. The summed E-state index contributed by atoms with van der Waals surface area (Å²) in [4.78, 5) is 44.3. The average molecular weight is 1100 g/mol. The van der Waals surface area contributed by atoms with Crippen molar-refractivity contribution < 1.29 is 82.9 Å². The number of methoxy groups -OCH3 is 1. The lowest BCUT2D eigenvalue weighted by Crippen LogP contribution is -2.57. The molecule has 8 aliphatic rings. The number of allylic oxidation sites excluding steroid dienone is 4. The summed E-state index contributed by atoms with van der Waals surface area (Å²) in [6.07, 6.45) is -0.691. The van der Waals surface area contributed by atoms with Gasteiger partial charge < -0.3 is 68.5 Å². The first-order valence-corrected chi connectivity index (χ1v) is 29.4. The van der Waals surface area contributed by atoms with Gasteiger partial charge in [0.15, 0.2) is 24.5 Å². The van der Waals surface area contributed by atoms with Crippen LogP contribution in [0.15, 0.2) is 46.3 Å². The van der Waals surface area contributed by atoms with Gasteiger partial charge in [0.1, 0.15) is 35.4 Å². The average Bonchev–Trinajstić information content (AvgIpc) is 3.88. The number of aliphatic hydroxyl groups excluding tert-OH is 6. The van der Waals surface area contributed by atoms with Gasteiger partial charge in [0, 0.05) is 80.3 Å². The van der Waals surface area contributed by atoms with Crippen LogP contribution in [0, 0.1) is 58.2 Å². The highest BCUT2D eigenvalue weighted by atomic mass is 16.7. The molecule has 1 saturated carbocycles. The molecule has 0 aromatic rings. The molecule has 4 aliphatic heterocycles. The van der Waals surface area contributed by atoms with E-state index in [-0.39, 0.29) is 80.0 Å². The first-order valence-electron chi connectivity index (χ1n) is 29.4. The van der Waals surface area contributed by atoms with E-state index in [1.54, 1.807) is 14.0 Å². The van der Waals surface area contributed by atoms with Crippen molar-refractivity contribution >= 4 is 17.5 Å². The lowest BCUT2D eigenvalue weighted by atomic mass is 9.47. The van der Waals surface area contributed by atoms with Crippen LogP contribution in [-0.4, -0.2) is 154 Å². The van der Waals surface area contributed by atoms with Crippen molar-refractivity contribution in [2.75, 3.05) is 13.7 Å². The normalized spacial score (nSPS) is 49.5. The van der Waals surface area contributed by atoms with E-state index >= 15 is 4.79 Å². The molecule has 1 unspecified atom stereocenters. The quantitative estimate of drug-likeness (QED) is 0.0715. The number of rotatable bonds is 10. The Bertz CT molecular complexity index is 2290. The minimum absolute atomic E-state index is 0.0414. The highest BCUT2D eigenvalue weighted by molar-refractivity contribution is 6.26. The largest absolute Gasteiger partial charge is 0.511 e. The molecule has 1 spiro atoms. The second-order valence-electron chi connectivity index (χ2n) is 25.4. The molecular weight excluding hydrogens is 1000 g/mol. The van der Waals surface area contributed by atoms with Gasteiger partial charge in [-0.3, -0.25) is 9.59 Å². The second kappa shape index (κ2) is 24.1. The molecule has 4 heterocycles. The predicted molar refractivity (Wildman–Crippen MR) is 287 cm³/mol. The standard InChI is InChI=1S/C61H94O17/c1-14-39-21-38(28-62)19-31(5)53(75-47-24-44(66)54(36(10)73-47)76-48-25-45(71-13)55(37(11)74-48)77-46-23-43(65)52(67)35(9)72-46)29(3)17-16-18-59(12)26-32(6)33(7)27-61(59)57(69)49(58(70)78-61)56(68)60(15-2)50(39)30(4)20-40-42(64)22-41(63)34(8)51(40)60/h20-21,26,29,31,33-38,40,42-48,50-55,62,64-68H,14-19,22-25,27-28H2,1-13H3/b39-21+,56-49+/t29-,31-,33-,34+,35-,36-,37+,38-,40-,42+,43+,44+,45+,46-,47+,48-,50+,51-,52-,53-,54-,55?,59-,60-,61-/m1/s1. The summed E-state index contributed by atoms with van der Waals surface area (Å²) in [6.45, 7) is 23.2. The zero-order valence-electron chi connectivity index (χ0n) is 48.6. The smallest absolute Gasteiger partial charge is 0.346 e. The summed E-state index contributed by atoms with van der Waals surface area (Å²) in [5.41, 5.74) is -1.54. The number of carbonyl (C=O) groups excluding carboxylic acids is 3. The molecule has 0 amide bonds. The van der Waals surface area contributed by atoms with Crippen molar-refractivity contribution in [3.05, 3.63) is 46.3 Å². The van der Waals surface area contributed by atoms with Gasteiger partial charge in [-0.15, -0.1) is 0 Å². The number of ketones is 2. The highest BCUT2D eigenvalue weighted by Crippen LogP contribution is 2.64. The molecule has 17 nitrogen and oxygen atoms in total. The van der Waals surface area contributed by atoms with E-state index in [2.05, 4.69) is 26.0 Å². The van der Waals surface area contributed by atoms with Crippen LogP contribution in [0.3, 0.4) is 0 Å². The summed E-state index contributed by atoms with van der Waals surface area (Å²) in [7, 11) is 1.57. The van der Waals surface area contributed by atoms with Crippen molar-refractivity contribution in [3.63, 3.8) is 0 Å². The maximum absolute atomic E-state index is 15.7. The highest BCUT2D eigenvalue weighted by Gasteiger charge is 2.67. The number of aliphatic hydroxyl groups is 6. The summed E-state index contributed by atoms with van der Waals surface area (Å²) in [6, 6.07) is 0. The Hall–Kier alpha value is -2.91. The van der Waals surface area contributed by atoms with Gasteiger partial charge in [-0.2, -0.15) is 0 Å². The topological polar surface area (TPSA) is 246 Å². The van der Waals surface area contributed by atoms with Crippen molar-refractivity contribution in [1.29, 1.82) is 0 Å². The zero-order chi connectivity index (χ0) is 57.1. The molecule has 17 heteroatoms. The Morgan fingerprint density at radius 2 is 1.36 bits per heavy atom. The lowest BCUT2D eigenvalue weighted by molar-refractivity contribution is -0.338. The van der Waals surface area contributed by atoms with Gasteiger partial charge in [-0.25, -0.2) is 4.79 Å². The van der Waals surface area contributed by atoms with Crippen molar-refractivity contribution in [2.24, 2.45) is 58.2 Å². The van der Waals surface area contributed by atoms with E-state index < -0.39 is 144 Å². The molecule has 6 N–H and O–H groups in total. The Kier molecular flexibility index (Phi) is 18.9. The van der Waals surface area contributed by atoms with Crippen LogP contribution in [0.4, 0.5) is 0 Å². The predicted octanol–water partition coefficient (Wildman–Crippen LogP) is 7.28. The van der Waals surface area contributed by atoms with Crippen LogP contribution in [0.5, 0.6) is 0 Å². The van der Waals surface area contributed by atoms with Gasteiger partial charge in [-0.05, 0) is 90.4 Å². The number of hydrogen-bond donors (Lipinski definition) is 6. The SMILES string of the molecule is CC/C1=C\[C@H](CO)C[C@@H](C)[C@H](O[C@H]2C[C@H](O)[C@H](O[C@@H]3C[C@H](OC)C(O[C@@H]4C[C@H](O)[C@H](O)[C@@H](C)O4)[C@H](C)O3)[C@@H](C)O2)[C@H](C)CCC[C@]2(C)C=C(C)[C@H](C)C[C@]23OC(=O)/C(=C(/O)[C@@]2(CC)[C@H]4[C@H](C=C(C)[C@@H]12)[C@@H](O)CC(=O)[C@@H]4C)C3=O. The fraction of sp³-hybridized carbons (Fsp3) is 0.820. The first-order chi connectivity index (χ1) is 36.8. The molecule has 0 aromatic carbocycles. The minimum atomic E-state index is -1.62. The number of Topliss-reactive ketones (excluding diaryl/α,β-unsaturated/α-hetero) is 2. The Balaban J connectivity index is 1.09. The number of ether oxygens (including phenoxy) is 8. The summed E-state index contributed by atoms with van der Waals surface area (Å²) in [5.74, 6) is -5.19. The Morgan fingerprint density at radius 1 is 0.744 bits per heavy atom. The van der Waals surface area contributed by atoms with Gasteiger partial charge in [-0.1, -0.05) is 89.8 Å². The monoisotopic (exact) mass is 1100 g/mol. The maximum Gasteiger partial charge on any atom is 0.346 e. The van der Waals surface area contributed by atoms with Crippen LogP contribution in [0.1, 0.15) is 154 Å². The van der Waals surface area contributed by atoms with E-state index in [0.29, 0.717) is 32.1 Å². The van der Waals surface area contributed by atoms with Gasteiger partial charge >= 0.3 is 5.97 Å². The molecule has 25 atom stereocenters. The molecule has 4 saturated heterocycles. The second-order valence-corrected chi connectivity index (χ2v) is 25.4. The van der Waals surface area contributed by atoms with E-state index in [9.17, 15) is 40.2 Å². The Labute approximate surface area is 462 Å². The molecule has 0 aromatic heterocycles. The molecular formula is C61H94O17. The van der Waals surface area contributed by atoms with E-state index in [0.717, 1.165) is 16.7 Å². The molecule has 0 radical (unpaired) electrons. The van der Waals surface area contributed by atoms with E-state index in [1.165, 1.54) is 0 Å². The third kappa shape index (κ3) is 11.1. The molecule has 8 rings (SSSR count). The van der Waals surface area contributed by atoms with Crippen LogP contribution < -0.4 is 0 Å². The van der Waals surface area contributed by atoms with E-state index in [1.807, 2.05) is 68.4 Å². The maximum atomic E-state index is 15.7. The van der Waals surface area contributed by atoms with Crippen molar-refractivity contribution in [2.45, 2.75) is 245 Å². The summed E-state index contributed by atoms with van der Waals surface area (Å²) < 4.78 is 51.0. The summed E-state index contributed by atoms with van der Waals surface area (Å²) in [5, 5.41) is 68.8. The number of fused-ring (bicyclic) bond motifs is 4. The Morgan fingerprint density at radius 3 is 1.97 bits per heavy atom. The summed E-state index contributed by atoms with van der Waals surface area (Å²) >= 11 is 0. The third-order valence-electron chi connectivity index (χ3n) is 20.3. The van der Waals surface area contributed by atoms with Crippen molar-refractivity contribution in [1.82, 2.24) is 0 Å². The van der Waals surface area contributed by atoms with Crippen LogP contribution >= 0.6 is 0 Å². The van der Waals surface area contributed by atoms with Crippen LogP contribution in [-0.2, 0) is 52.3 Å². The van der Waals surface area contributed by atoms with Crippen LogP contribution in [0.2, 0.25) is 0 Å². The first kappa shape index (κ1) is 61.2. The van der Waals surface area contributed by atoms with Crippen molar-refractivity contribution in [3.8, 4) is 0 Å². The zero-order valence-corrected chi connectivity index (χ0v) is 48.6. The number of esters is 1. The molecule has 78 heavy (non-hydrogen) atoms. The number of carbonyl (C=O) groups is 3.